The highest BCUT2D eigenvalue weighted by Crippen LogP contribution is 2.11. The van der Waals surface area contributed by atoms with Crippen molar-refractivity contribution in [3.05, 3.63) is 35.9 Å². The monoisotopic (exact) mass is 260 g/mol. The summed E-state index contributed by atoms with van der Waals surface area (Å²) in [6.45, 7) is 5.31. The molecule has 1 heterocycles. The number of amides is 1. The Morgan fingerprint density at radius 1 is 1.21 bits per heavy atom. The Balaban J connectivity index is 1.71. The van der Waals surface area contributed by atoms with E-state index in [9.17, 15) is 4.79 Å². The summed E-state index contributed by atoms with van der Waals surface area (Å²) >= 11 is 0. The van der Waals surface area contributed by atoms with E-state index in [0.717, 1.165) is 12.1 Å². The Morgan fingerprint density at radius 2 is 1.89 bits per heavy atom. The van der Waals surface area contributed by atoms with Crippen LogP contribution in [0, 0.1) is 0 Å². The summed E-state index contributed by atoms with van der Waals surface area (Å²) < 4.78 is 0. The van der Waals surface area contributed by atoms with Crippen molar-refractivity contribution in [2.75, 3.05) is 19.6 Å². The maximum Gasteiger partial charge on any atom is 0.224 e. The summed E-state index contributed by atoms with van der Waals surface area (Å²) in [4.78, 5) is 14.3. The number of benzene rings is 1. The highest BCUT2D eigenvalue weighted by Gasteiger charge is 2.16. The molecule has 0 bridgehead atoms. The van der Waals surface area contributed by atoms with Gasteiger partial charge in [-0.1, -0.05) is 36.8 Å². The van der Waals surface area contributed by atoms with Crippen molar-refractivity contribution in [1.29, 1.82) is 0 Å². The third-order valence-electron chi connectivity index (χ3n) is 3.82. The number of hydrogen-bond acceptors (Lipinski definition) is 2. The summed E-state index contributed by atoms with van der Waals surface area (Å²) in [6.07, 6.45) is 4.42. The summed E-state index contributed by atoms with van der Waals surface area (Å²) in [5, 5.41) is 3.05. The second kappa shape index (κ2) is 7.29. The third kappa shape index (κ3) is 4.67. The first kappa shape index (κ1) is 14.1. The van der Waals surface area contributed by atoms with Crippen LogP contribution in [0.1, 0.15) is 31.7 Å². The average Bonchev–Trinajstić information content (AvgIpc) is 2.47. The van der Waals surface area contributed by atoms with Crippen molar-refractivity contribution < 1.29 is 4.79 Å². The van der Waals surface area contributed by atoms with Gasteiger partial charge in [0.25, 0.3) is 0 Å². The molecule has 0 aromatic heterocycles. The number of nitrogens with one attached hydrogen (secondary N) is 1. The summed E-state index contributed by atoms with van der Waals surface area (Å²) in [7, 11) is 0. The maximum absolute atomic E-state index is 11.9. The lowest BCUT2D eigenvalue weighted by Gasteiger charge is -2.32. The predicted octanol–water partition coefficient (Wildman–Crippen LogP) is 2.22. The molecule has 1 aliphatic heterocycles. The lowest BCUT2D eigenvalue weighted by molar-refractivity contribution is -0.120. The number of nitrogens with zero attached hydrogens (tertiary/aromatic N) is 1. The van der Waals surface area contributed by atoms with Crippen LogP contribution < -0.4 is 5.32 Å². The van der Waals surface area contributed by atoms with Crippen molar-refractivity contribution in [3.8, 4) is 0 Å². The Kier molecular flexibility index (Phi) is 5.40. The molecule has 0 radical (unpaired) electrons. The Morgan fingerprint density at radius 3 is 2.58 bits per heavy atom. The number of carbonyl (C=O) groups is 1. The molecule has 3 nitrogen and oxygen atoms in total. The minimum atomic E-state index is 0.120. The van der Waals surface area contributed by atoms with Crippen LogP contribution in [0.15, 0.2) is 30.3 Å². The molecular formula is C16H24N2O. The third-order valence-corrected chi connectivity index (χ3v) is 3.82. The van der Waals surface area contributed by atoms with E-state index >= 15 is 0 Å². The normalized spacial score (nSPS) is 17.9. The van der Waals surface area contributed by atoms with Crippen LogP contribution in [-0.4, -0.2) is 36.5 Å². The molecule has 1 aliphatic rings. The van der Waals surface area contributed by atoms with Crippen LogP contribution in [0.25, 0.3) is 0 Å². The zero-order chi connectivity index (χ0) is 13.5. The highest BCUT2D eigenvalue weighted by molar-refractivity contribution is 5.78. The number of carbonyl (C=O) groups excluding carboxylic acids is 1. The van der Waals surface area contributed by atoms with Gasteiger partial charge in [0.05, 0.1) is 6.42 Å². The van der Waals surface area contributed by atoms with Gasteiger partial charge < -0.3 is 5.32 Å². The van der Waals surface area contributed by atoms with Crippen molar-refractivity contribution in [2.24, 2.45) is 0 Å². The van der Waals surface area contributed by atoms with Gasteiger partial charge in [0.15, 0.2) is 0 Å². The van der Waals surface area contributed by atoms with E-state index in [-0.39, 0.29) is 5.91 Å². The SMILES string of the molecule is CC(CNC(=O)Cc1ccccc1)N1CCCCC1. The van der Waals surface area contributed by atoms with Gasteiger partial charge in [0.2, 0.25) is 5.91 Å². The van der Waals surface area contributed by atoms with Gasteiger partial charge in [-0.2, -0.15) is 0 Å². The second-order valence-electron chi connectivity index (χ2n) is 5.41. The molecule has 0 saturated carbocycles. The quantitative estimate of drug-likeness (QED) is 0.880. The van der Waals surface area contributed by atoms with E-state index in [1.807, 2.05) is 30.3 Å². The Bertz CT molecular complexity index is 385. The predicted molar refractivity (Wildman–Crippen MR) is 78.0 cm³/mol. The van der Waals surface area contributed by atoms with Crippen molar-refractivity contribution >= 4 is 5.91 Å². The second-order valence-corrected chi connectivity index (χ2v) is 5.41. The molecule has 1 fully saturated rings. The molecule has 1 unspecified atom stereocenters. The van der Waals surface area contributed by atoms with Gasteiger partial charge in [0, 0.05) is 12.6 Å². The minimum absolute atomic E-state index is 0.120. The molecule has 1 amide bonds. The van der Waals surface area contributed by atoms with Crippen LogP contribution in [0.5, 0.6) is 0 Å². The van der Waals surface area contributed by atoms with E-state index < -0.39 is 0 Å². The zero-order valence-corrected chi connectivity index (χ0v) is 11.8. The lowest BCUT2D eigenvalue weighted by atomic mass is 10.1. The standard InChI is InChI=1S/C16H24N2O/c1-14(18-10-6-3-7-11-18)13-17-16(19)12-15-8-4-2-5-9-15/h2,4-5,8-9,14H,3,6-7,10-13H2,1H3,(H,17,19). The smallest absolute Gasteiger partial charge is 0.224 e. The van der Waals surface area contributed by atoms with Crippen LogP contribution in [-0.2, 0) is 11.2 Å². The van der Waals surface area contributed by atoms with Gasteiger partial charge in [-0.15, -0.1) is 0 Å². The number of hydrogen-bond donors (Lipinski definition) is 1. The average molecular weight is 260 g/mol. The molecule has 19 heavy (non-hydrogen) atoms. The van der Waals surface area contributed by atoms with Crippen molar-refractivity contribution in [3.63, 3.8) is 0 Å². The lowest BCUT2D eigenvalue weighted by Crippen LogP contribution is -2.44. The number of piperidine rings is 1. The van der Waals surface area contributed by atoms with Crippen molar-refractivity contribution in [1.82, 2.24) is 10.2 Å². The molecule has 0 spiro atoms. The molecule has 2 rings (SSSR count). The molecule has 104 valence electrons. The summed E-state index contributed by atoms with van der Waals surface area (Å²) in [5.41, 5.74) is 1.07. The van der Waals surface area contributed by atoms with E-state index in [2.05, 4.69) is 17.1 Å². The van der Waals surface area contributed by atoms with Crippen LogP contribution >= 0.6 is 0 Å². The fourth-order valence-electron chi connectivity index (χ4n) is 2.59. The first-order valence-electron chi connectivity index (χ1n) is 7.30. The van der Waals surface area contributed by atoms with E-state index in [1.54, 1.807) is 0 Å². The summed E-state index contributed by atoms with van der Waals surface area (Å²) in [5.74, 6) is 0.120. The molecular weight excluding hydrogens is 236 g/mol. The molecule has 1 saturated heterocycles. The fraction of sp³-hybridized carbons (Fsp3) is 0.562. The summed E-state index contributed by atoms with van der Waals surface area (Å²) in [6, 6.07) is 10.3. The van der Waals surface area contributed by atoms with Gasteiger partial charge in [-0.3, -0.25) is 9.69 Å². The Labute approximate surface area is 116 Å². The molecule has 1 aromatic carbocycles. The van der Waals surface area contributed by atoms with Crippen LogP contribution in [0.3, 0.4) is 0 Å². The minimum Gasteiger partial charge on any atom is -0.354 e. The Hall–Kier alpha value is -1.35. The fourth-order valence-corrected chi connectivity index (χ4v) is 2.59. The van der Waals surface area contributed by atoms with E-state index in [4.69, 9.17) is 0 Å². The van der Waals surface area contributed by atoms with Gasteiger partial charge in [0.1, 0.15) is 0 Å². The van der Waals surface area contributed by atoms with Crippen LogP contribution in [0.4, 0.5) is 0 Å². The largest absolute Gasteiger partial charge is 0.354 e. The van der Waals surface area contributed by atoms with Gasteiger partial charge in [-0.05, 0) is 38.4 Å². The number of likely N-dealkylation sites (tertiary alicyclic amines) is 1. The van der Waals surface area contributed by atoms with E-state index in [0.29, 0.717) is 12.5 Å². The van der Waals surface area contributed by atoms with Gasteiger partial charge >= 0.3 is 0 Å². The first-order chi connectivity index (χ1) is 9.25. The maximum atomic E-state index is 11.9. The van der Waals surface area contributed by atoms with Crippen LogP contribution in [0.2, 0.25) is 0 Å². The number of rotatable bonds is 5. The molecule has 1 N–H and O–H groups in total. The molecule has 1 atom stereocenters. The topological polar surface area (TPSA) is 32.3 Å². The molecule has 3 heteroatoms. The van der Waals surface area contributed by atoms with E-state index in [1.165, 1.54) is 32.4 Å². The molecule has 0 aliphatic carbocycles. The van der Waals surface area contributed by atoms with Gasteiger partial charge in [-0.25, -0.2) is 0 Å². The zero-order valence-electron chi connectivity index (χ0n) is 11.8. The molecule has 1 aromatic rings. The highest BCUT2D eigenvalue weighted by atomic mass is 16.1. The first-order valence-corrected chi connectivity index (χ1v) is 7.30. The van der Waals surface area contributed by atoms with Crippen molar-refractivity contribution in [2.45, 2.75) is 38.6 Å².